The van der Waals surface area contributed by atoms with Gasteiger partial charge in [-0.25, -0.2) is 0 Å². The Morgan fingerprint density at radius 1 is 0.889 bits per heavy atom. The van der Waals surface area contributed by atoms with Gasteiger partial charge in [0.1, 0.15) is 23.9 Å². The van der Waals surface area contributed by atoms with Crippen LogP contribution in [0, 0.1) is 41.7 Å². The number of unbranched alkanes of at least 4 members (excludes halogenated alkanes) is 2. The molecule has 0 bridgehead atoms. The lowest BCUT2D eigenvalue weighted by molar-refractivity contribution is -0.384. The Morgan fingerprint density at radius 2 is 1.63 bits per heavy atom. The lowest BCUT2D eigenvalue weighted by atomic mass is 9.56. The molecule has 1 aliphatic heterocycles. The largest absolute Gasteiger partial charge is 0.460 e. The number of aryl methyl sites for hydroxylation is 2. The highest BCUT2D eigenvalue weighted by Gasteiger charge is 2.64. The fourth-order valence-electron chi connectivity index (χ4n) is 9.71. The Kier molecular flexibility index (Phi) is 14.0. The molecular weight excluding hydrogens is 813 g/mol. The summed E-state index contributed by atoms with van der Waals surface area (Å²) >= 11 is 1.72. The third-order valence-corrected chi connectivity index (χ3v) is 14.2. The molecule has 6 atom stereocenters. The first-order valence-corrected chi connectivity index (χ1v) is 22.9. The summed E-state index contributed by atoms with van der Waals surface area (Å²) < 4.78 is 21.2. The molecule has 5 aromatic carbocycles. The smallest absolute Gasteiger partial charge is 0.269 e. The van der Waals surface area contributed by atoms with E-state index in [0.717, 1.165) is 80.8 Å². The van der Waals surface area contributed by atoms with Gasteiger partial charge in [0.15, 0.2) is 0 Å². The van der Waals surface area contributed by atoms with E-state index in [4.69, 9.17) is 24.2 Å². The number of aliphatic hydroxyl groups is 2. The Hall–Kier alpha value is -5.46. The summed E-state index contributed by atoms with van der Waals surface area (Å²) in [7, 11) is 0. The van der Waals surface area contributed by atoms with E-state index in [1.54, 1.807) is 30.0 Å². The molecule has 2 aliphatic carbocycles. The molecule has 328 valence electrons. The molecule has 0 spiro atoms. The molecule has 11 heteroatoms. The maximum absolute atomic E-state index is 11.4. The van der Waals surface area contributed by atoms with Crippen LogP contribution in [0.2, 0.25) is 0 Å². The van der Waals surface area contributed by atoms with E-state index in [1.807, 2.05) is 24.3 Å². The number of ether oxygens (including phenoxy) is 3. The zero-order valence-electron chi connectivity index (χ0n) is 36.0. The van der Waals surface area contributed by atoms with E-state index < -0.39 is 10.7 Å². The van der Waals surface area contributed by atoms with Crippen LogP contribution in [0.25, 0.3) is 10.8 Å². The van der Waals surface area contributed by atoms with Crippen molar-refractivity contribution in [2.24, 2.45) is 22.9 Å². The van der Waals surface area contributed by atoms with Gasteiger partial charge in [-0.05, 0) is 139 Å². The van der Waals surface area contributed by atoms with Crippen molar-refractivity contribution in [3.63, 3.8) is 0 Å². The van der Waals surface area contributed by atoms with Crippen LogP contribution in [-0.2, 0) is 16.2 Å². The number of hydrogen-bond acceptors (Lipinski definition) is 10. The minimum Gasteiger partial charge on any atom is -0.460 e. The number of nitro benzene ring substituents is 1. The van der Waals surface area contributed by atoms with Crippen LogP contribution in [0.1, 0.15) is 73.1 Å². The number of nitrogens with zero attached hydrogens (tertiary/aromatic N) is 2. The van der Waals surface area contributed by atoms with Gasteiger partial charge in [0.25, 0.3) is 5.69 Å². The van der Waals surface area contributed by atoms with Crippen molar-refractivity contribution in [3.05, 3.63) is 160 Å². The maximum Gasteiger partial charge on any atom is 0.269 e. The topological polar surface area (TPSA) is 133 Å². The van der Waals surface area contributed by atoms with Gasteiger partial charge in [0.05, 0.1) is 28.4 Å². The standard InChI is InChI=1S/C52H56N2O8S/c1-4-27-59-52-49(63-43-23-18-37-11-5-6-12-38(37)29-43)32-47(53-60-33-36-16-19-40(20-17-36)54(57)58)45-30-39(13-7-9-25-55)44(14-8-10-26-56)50(51(45)52)46-31-42(22-24-48(46)62-52)61-41-21-15-34(2)35(3)28-41/h4-6,11-12,15-24,28-31,39,44,49-51,55-56H,1,7-10,13-14,25-27,32-33H2,2-3H3/t39-,44+,49-,50+,51+,52+/m0/s1. The fourth-order valence-corrected chi connectivity index (χ4v) is 11.0. The molecule has 0 unspecified atom stereocenters. The molecule has 1 fully saturated rings. The zero-order valence-corrected chi connectivity index (χ0v) is 36.8. The van der Waals surface area contributed by atoms with Crippen molar-refractivity contribution in [2.75, 3.05) is 19.8 Å². The molecule has 0 radical (unpaired) electrons. The molecule has 3 aliphatic rings. The van der Waals surface area contributed by atoms with E-state index in [0.29, 0.717) is 25.0 Å². The molecule has 0 aromatic heterocycles. The summed E-state index contributed by atoms with van der Waals surface area (Å²) in [5.74, 6) is 0.851. The van der Waals surface area contributed by atoms with Crippen molar-refractivity contribution >= 4 is 33.9 Å². The average molecular weight is 869 g/mol. The van der Waals surface area contributed by atoms with Crippen molar-refractivity contribution in [3.8, 4) is 17.2 Å². The number of rotatable bonds is 19. The number of thioether (sulfide) groups is 1. The van der Waals surface area contributed by atoms with Crippen LogP contribution in [0.3, 0.4) is 0 Å². The average Bonchev–Trinajstić information content (AvgIpc) is 3.29. The third-order valence-electron chi connectivity index (χ3n) is 12.9. The van der Waals surface area contributed by atoms with Crippen LogP contribution in [0.4, 0.5) is 5.69 Å². The highest BCUT2D eigenvalue weighted by Crippen LogP contribution is 2.63. The minimum absolute atomic E-state index is 0.0149. The van der Waals surface area contributed by atoms with Crippen molar-refractivity contribution < 1.29 is 34.2 Å². The third kappa shape index (κ3) is 9.57. The Balaban J connectivity index is 1.29. The van der Waals surface area contributed by atoms with Crippen molar-refractivity contribution in [1.82, 2.24) is 0 Å². The second-order valence-electron chi connectivity index (χ2n) is 16.9. The predicted octanol–water partition coefficient (Wildman–Crippen LogP) is 11.8. The van der Waals surface area contributed by atoms with E-state index >= 15 is 0 Å². The SMILES string of the molecule is C=CCO[C@@]12Oc3ccc(Oc4ccc(C)c(C)c4)cc3[C@H]3[C@H](CCCCO)[C@@H](CCCCO)C=C(C(=NOCc4ccc([N+](=O)[O-])cc4)C[C@@H]1Sc1ccc4ccccc4c1)[C@H]32. The normalized spacial score (nSPS) is 23.0. The van der Waals surface area contributed by atoms with E-state index in [1.165, 1.54) is 17.7 Å². The molecule has 5 aromatic rings. The first-order chi connectivity index (χ1) is 30.7. The van der Waals surface area contributed by atoms with Crippen molar-refractivity contribution in [1.29, 1.82) is 0 Å². The highest BCUT2D eigenvalue weighted by molar-refractivity contribution is 8.00. The number of allylic oxidation sites excluding steroid dienone is 1. The Bertz CT molecular complexity index is 2490. The molecular formula is C52H56N2O8S. The summed E-state index contributed by atoms with van der Waals surface area (Å²) in [6.07, 6.45) is 9.41. The van der Waals surface area contributed by atoms with Gasteiger partial charge in [-0.3, -0.25) is 10.1 Å². The maximum atomic E-state index is 11.4. The van der Waals surface area contributed by atoms with E-state index in [9.17, 15) is 20.3 Å². The Morgan fingerprint density at radius 3 is 2.38 bits per heavy atom. The molecule has 1 heterocycles. The molecule has 0 saturated heterocycles. The lowest BCUT2D eigenvalue weighted by Gasteiger charge is -2.58. The van der Waals surface area contributed by atoms with Crippen molar-refractivity contribution in [2.45, 2.75) is 87.3 Å². The number of hydrogen-bond donors (Lipinski definition) is 2. The predicted molar refractivity (Wildman–Crippen MR) is 249 cm³/mol. The second kappa shape index (κ2) is 19.9. The first kappa shape index (κ1) is 44.2. The molecule has 2 N–H and O–H groups in total. The number of oxime groups is 1. The fraction of sp³-hybridized carbons (Fsp3) is 0.365. The molecule has 63 heavy (non-hydrogen) atoms. The number of aliphatic hydroxyl groups excluding tert-OH is 2. The summed E-state index contributed by atoms with van der Waals surface area (Å²) in [6, 6.07) is 33.5. The van der Waals surface area contributed by atoms with Gasteiger partial charge in [-0.1, -0.05) is 66.5 Å². The number of non-ortho nitro benzene ring substituents is 1. The van der Waals surface area contributed by atoms with Gasteiger partial charge in [0.2, 0.25) is 5.79 Å². The van der Waals surface area contributed by atoms with Gasteiger partial charge < -0.3 is 29.3 Å². The Labute approximate surface area is 373 Å². The van der Waals surface area contributed by atoms with Crippen LogP contribution in [0.15, 0.2) is 137 Å². The monoisotopic (exact) mass is 868 g/mol. The lowest BCUT2D eigenvalue weighted by Crippen LogP contribution is -2.64. The van der Waals surface area contributed by atoms with Gasteiger partial charge in [-0.2, -0.15) is 0 Å². The zero-order chi connectivity index (χ0) is 43.9. The first-order valence-electron chi connectivity index (χ1n) is 22.1. The number of fused-ring (bicyclic) bond motifs is 3. The van der Waals surface area contributed by atoms with Crippen LogP contribution in [0.5, 0.6) is 17.2 Å². The quantitative estimate of drug-likeness (QED) is 0.0360. The van der Waals surface area contributed by atoms with Gasteiger partial charge in [-0.15, -0.1) is 18.3 Å². The summed E-state index contributed by atoms with van der Waals surface area (Å²) in [6.45, 7) is 8.87. The molecule has 0 amide bonds. The molecule has 10 nitrogen and oxygen atoms in total. The number of nitro groups is 1. The van der Waals surface area contributed by atoms with Crippen LogP contribution < -0.4 is 9.47 Å². The molecule has 1 saturated carbocycles. The highest BCUT2D eigenvalue weighted by atomic mass is 32.2. The minimum atomic E-state index is -1.16. The van der Waals surface area contributed by atoms with Crippen LogP contribution in [-0.4, -0.2) is 51.7 Å². The summed E-state index contributed by atoms with van der Waals surface area (Å²) in [4.78, 5) is 18.2. The number of benzene rings is 5. The van der Waals surface area contributed by atoms with Gasteiger partial charge in [0, 0.05) is 48.1 Å². The summed E-state index contributed by atoms with van der Waals surface area (Å²) in [5.41, 5.74) is 5.97. The second-order valence-corrected chi connectivity index (χ2v) is 18.2. The van der Waals surface area contributed by atoms with Gasteiger partial charge >= 0.3 is 0 Å². The molecule has 8 rings (SSSR count). The van der Waals surface area contributed by atoms with E-state index in [-0.39, 0.29) is 61.0 Å². The van der Waals surface area contributed by atoms with E-state index in [2.05, 4.69) is 81.1 Å². The summed E-state index contributed by atoms with van der Waals surface area (Å²) in [5, 5.41) is 38.2. The van der Waals surface area contributed by atoms with Crippen LogP contribution >= 0.6 is 11.8 Å².